The summed E-state index contributed by atoms with van der Waals surface area (Å²) in [6.07, 6.45) is 4.28. The minimum Gasteiger partial charge on any atom is -0.391 e. The summed E-state index contributed by atoms with van der Waals surface area (Å²) >= 11 is 0. The van der Waals surface area contributed by atoms with Gasteiger partial charge in [0, 0.05) is 36.7 Å². The van der Waals surface area contributed by atoms with Crippen LogP contribution in [0.15, 0.2) is 53.3 Å². The molecule has 0 aliphatic carbocycles. The molecule has 222 valence electrons. The number of hydrogen-bond acceptors (Lipinski definition) is 9. The molecule has 6 rings (SSSR count). The van der Waals surface area contributed by atoms with Gasteiger partial charge in [-0.15, -0.1) is 0 Å². The number of nitrogens with zero attached hydrogens (tertiary/aromatic N) is 6. The van der Waals surface area contributed by atoms with Gasteiger partial charge in [-0.1, -0.05) is 45.0 Å². The number of β-amino-alcohol motifs (C(OH)–C–C–N with tert-alkyl or cyclic N) is 1. The summed E-state index contributed by atoms with van der Waals surface area (Å²) in [5.41, 5.74) is 4.24. The van der Waals surface area contributed by atoms with E-state index >= 15 is 4.39 Å². The number of pyridine rings is 2. The molecule has 0 spiro atoms. The van der Waals surface area contributed by atoms with Crippen LogP contribution in [-0.4, -0.2) is 60.2 Å². The second kappa shape index (κ2) is 11.3. The molecule has 11 heteroatoms. The molecule has 43 heavy (non-hydrogen) atoms. The SMILES string of the molecule is C[C@H]1CCN(c2ccc(-c3nc4nccc(-c5ccc(CCC(=O)c6noc(C(C)(C)C)n6)c(F)c5)c4[nH]3)nc2)C[C@@H]1O. The van der Waals surface area contributed by atoms with Crippen molar-refractivity contribution < 1.29 is 18.8 Å². The van der Waals surface area contributed by atoms with Gasteiger partial charge in [0.05, 0.1) is 23.5 Å². The summed E-state index contributed by atoms with van der Waals surface area (Å²) in [5.74, 6) is 0.541. The van der Waals surface area contributed by atoms with Crippen molar-refractivity contribution in [2.24, 2.45) is 5.92 Å². The van der Waals surface area contributed by atoms with Gasteiger partial charge < -0.3 is 19.5 Å². The molecule has 2 atom stereocenters. The Kier molecular flexibility index (Phi) is 7.51. The molecule has 0 bridgehead atoms. The second-order valence-electron chi connectivity index (χ2n) is 12.2. The van der Waals surface area contributed by atoms with Gasteiger partial charge >= 0.3 is 0 Å². The Morgan fingerprint density at radius 3 is 2.70 bits per heavy atom. The Hall–Kier alpha value is -4.51. The van der Waals surface area contributed by atoms with Gasteiger partial charge in [0.2, 0.25) is 17.5 Å². The summed E-state index contributed by atoms with van der Waals surface area (Å²) in [6, 6.07) is 10.7. The van der Waals surface area contributed by atoms with E-state index in [4.69, 9.17) is 4.52 Å². The zero-order valence-electron chi connectivity index (χ0n) is 24.6. The van der Waals surface area contributed by atoms with E-state index in [0.717, 1.165) is 24.2 Å². The number of aryl methyl sites for hydroxylation is 1. The van der Waals surface area contributed by atoms with Gasteiger partial charge in [-0.05, 0) is 54.2 Å². The van der Waals surface area contributed by atoms with Crippen LogP contribution < -0.4 is 4.90 Å². The number of halogens is 1. The average molecular weight is 584 g/mol. The molecule has 10 nitrogen and oxygen atoms in total. The highest BCUT2D eigenvalue weighted by atomic mass is 19.1. The topological polar surface area (TPSA) is 134 Å². The lowest BCUT2D eigenvalue weighted by atomic mass is 9.96. The van der Waals surface area contributed by atoms with Crippen LogP contribution in [0.5, 0.6) is 0 Å². The first-order valence-electron chi connectivity index (χ1n) is 14.5. The number of anilines is 1. The smallest absolute Gasteiger partial charge is 0.238 e. The van der Waals surface area contributed by atoms with Crippen molar-refractivity contribution in [2.45, 2.75) is 58.5 Å². The van der Waals surface area contributed by atoms with Gasteiger partial charge in [-0.2, -0.15) is 4.98 Å². The monoisotopic (exact) mass is 583 g/mol. The largest absolute Gasteiger partial charge is 0.391 e. The summed E-state index contributed by atoms with van der Waals surface area (Å²) in [6.45, 7) is 9.29. The van der Waals surface area contributed by atoms with Gasteiger partial charge in [-0.3, -0.25) is 9.78 Å². The fourth-order valence-corrected chi connectivity index (χ4v) is 5.19. The number of hydrogen-bond donors (Lipinski definition) is 2. The van der Waals surface area contributed by atoms with Gasteiger partial charge in [-0.25, -0.2) is 14.4 Å². The molecule has 0 radical (unpaired) electrons. The van der Waals surface area contributed by atoms with Crippen molar-refractivity contribution >= 4 is 22.6 Å². The van der Waals surface area contributed by atoms with Crippen molar-refractivity contribution in [2.75, 3.05) is 18.0 Å². The number of aromatic amines is 1. The Bertz CT molecular complexity index is 1770. The number of rotatable bonds is 7. The molecule has 4 aromatic heterocycles. The molecule has 1 saturated heterocycles. The number of ketones is 1. The number of fused-ring (bicyclic) bond motifs is 1. The predicted octanol–water partition coefficient (Wildman–Crippen LogP) is 5.53. The number of Topliss-reactive ketones (excluding diaryl/α,β-unsaturated/α-hetero) is 1. The van der Waals surface area contributed by atoms with Crippen LogP contribution in [0.3, 0.4) is 0 Å². The van der Waals surface area contributed by atoms with Crippen molar-refractivity contribution in [1.29, 1.82) is 0 Å². The Labute approximate surface area is 248 Å². The van der Waals surface area contributed by atoms with E-state index in [1.54, 1.807) is 18.5 Å². The second-order valence-corrected chi connectivity index (χ2v) is 12.2. The van der Waals surface area contributed by atoms with Crippen LogP contribution in [-0.2, 0) is 11.8 Å². The number of nitrogens with one attached hydrogen (secondary N) is 1. The molecule has 5 aromatic rings. The van der Waals surface area contributed by atoms with Gasteiger partial charge in [0.1, 0.15) is 11.5 Å². The first kappa shape index (κ1) is 28.6. The van der Waals surface area contributed by atoms with E-state index in [9.17, 15) is 9.90 Å². The first-order valence-corrected chi connectivity index (χ1v) is 14.5. The Balaban J connectivity index is 1.18. The third-order valence-corrected chi connectivity index (χ3v) is 7.97. The number of aliphatic hydroxyl groups is 1. The predicted molar refractivity (Wildman–Crippen MR) is 160 cm³/mol. The van der Waals surface area contributed by atoms with E-state index in [2.05, 4.69) is 41.9 Å². The highest BCUT2D eigenvalue weighted by Gasteiger charge is 2.26. The molecule has 1 aliphatic heterocycles. The third-order valence-electron chi connectivity index (χ3n) is 7.97. The minimum absolute atomic E-state index is 0.0141. The maximum atomic E-state index is 15.2. The molecule has 2 N–H and O–H groups in total. The number of aromatic nitrogens is 6. The van der Waals surface area contributed by atoms with E-state index in [1.165, 1.54) is 6.07 Å². The molecule has 1 aromatic carbocycles. The highest BCUT2D eigenvalue weighted by Crippen LogP contribution is 2.31. The molecule has 0 unspecified atom stereocenters. The van der Waals surface area contributed by atoms with E-state index < -0.39 is 5.82 Å². The molecule has 5 heterocycles. The molecule has 0 saturated carbocycles. The number of H-pyrrole nitrogens is 1. The number of imidazole rings is 1. The Morgan fingerprint density at radius 2 is 2.00 bits per heavy atom. The van der Waals surface area contributed by atoms with Crippen LogP contribution in [0, 0.1) is 11.7 Å². The lowest BCUT2D eigenvalue weighted by Crippen LogP contribution is -2.42. The fraction of sp³-hybridized carbons (Fsp3) is 0.375. The maximum absolute atomic E-state index is 15.2. The number of carbonyl (C=O) groups excluding carboxylic acids is 1. The number of benzene rings is 1. The zero-order valence-corrected chi connectivity index (χ0v) is 24.6. The maximum Gasteiger partial charge on any atom is 0.238 e. The van der Waals surface area contributed by atoms with E-state index in [-0.39, 0.29) is 36.0 Å². The molecule has 0 amide bonds. The average Bonchev–Trinajstić information content (AvgIpc) is 3.66. The molecule has 1 aliphatic rings. The van der Waals surface area contributed by atoms with Crippen molar-refractivity contribution in [3.63, 3.8) is 0 Å². The van der Waals surface area contributed by atoms with Gasteiger partial charge in [0.15, 0.2) is 11.5 Å². The normalized spacial score (nSPS) is 17.5. The van der Waals surface area contributed by atoms with Crippen LogP contribution >= 0.6 is 0 Å². The van der Waals surface area contributed by atoms with E-state index in [1.807, 2.05) is 45.0 Å². The minimum atomic E-state index is -0.409. The van der Waals surface area contributed by atoms with Crippen molar-refractivity contribution in [3.05, 3.63) is 71.9 Å². The lowest BCUT2D eigenvalue weighted by Gasteiger charge is -2.35. The first-order chi connectivity index (χ1) is 20.6. The summed E-state index contributed by atoms with van der Waals surface area (Å²) in [7, 11) is 0. The van der Waals surface area contributed by atoms with Crippen LogP contribution in [0.2, 0.25) is 0 Å². The summed E-state index contributed by atoms with van der Waals surface area (Å²) < 4.78 is 20.4. The van der Waals surface area contributed by atoms with Crippen molar-refractivity contribution in [1.82, 2.24) is 30.1 Å². The standard InChI is InChI=1S/C32H34FN7O3/c1-18-12-14-40(17-26(18)42)21-8-9-24(35-16-21)28-36-27-22(11-13-34-30(27)37-28)20-6-5-19(23(33)15-20)7-10-25(41)29-38-31(43-39-29)32(2,3)4/h5-6,8-9,11,13,15-16,18,26,42H,7,10,12,14,17H2,1-4H3,(H,34,36,37)/t18-,26-/m0/s1. The zero-order chi connectivity index (χ0) is 30.3. The third kappa shape index (κ3) is 5.90. The highest BCUT2D eigenvalue weighted by molar-refractivity contribution is 5.93. The van der Waals surface area contributed by atoms with Crippen LogP contribution in [0.4, 0.5) is 10.1 Å². The molecular weight excluding hydrogens is 549 g/mol. The fourth-order valence-electron chi connectivity index (χ4n) is 5.19. The van der Waals surface area contributed by atoms with Crippen LogP contribution in [0.1, 0.15) is 62.6 Å². The quantitative estimate of drug-likeness (QED) is 0.237. The lowest BCUT2D eigenvalue weighted by molar-refractivity contribution is 0.0969. The molecular formula is C32H34FN7O3. The van der Waals surface area contributed by atoms with Gasteiger partial charge in [0.25, 0.3) is 0 Å². The number of aliphatic hydroxyl groups excluding tert-OH is 1. The molecule has 1 fully saturated rings. The van der Waals surface area contributed by atoms with Crippen LogP contribution in [0.25, 0.3) is 33.8 Å². The Morgan fingerprint density at radius 1 is 1.16 bits per heavy atom. The number of carbonyl (C=O) groups is 1. The summed E-state index contributed by atoms with van der Waals surface area (Å²) in [5, 5.41) is 14.1. The number of piperidine rings is 1. The van der Waals surface area contributed by atoms with E-state index in [0.29, 0.717) is 52.2 Å². The summed E-state index contributed by atoms with van der Waals surface area (Å²) in [4.78, 5) is 35.9. The van der Waals surface area contributed by atoms with Crippen molar-refractivity contribution in [3.8, 4) is 22.6 Å².